The summed E-state index contributed by atoms with van der Waals surface area (Å²) in [5, 5.41) is 9.84. The second-order valence-electron chi connectivity index (χ2n) is 4.62. The molecule has 0 radical (unpaired) electrons. The molecule has 2 heterocycles. The van der Waals surface area contributed by atoms with Crippen LogP contribution in [0.2, 0.25) is 0 Å². The minimum Gasteiger partial charge on any atom is -0.479 e. The number of hydrogen-bond acceptors (Lipinski definition) is 5. The molecule has 1 N–H and O–H groups in total. The molecule has 2 atom stereocenters. The zero-order chi connectivity index (χ0) is 14.2. The number of nitrogens with zero attached hydrogens (tertiary/aromatic N) is 2. The van der Waals surface area contributed by atoms with Gasteiger partial charge in [-0.25, -0.2) is 9.78 Å². The summed E-state index contributed by atoms with van der Waals surface area (Å²) >= 11 is 1.46. The lowest BCUT2D eigenvalue weighted by atomic mass is 10.2. The standard InChI is InChI=1S/C12H16N2O4S/c1-6-4-14(5-9(18-6)12(16)17)11(15)10-7(2)19-8(3)13-10/h6,9H,4-5H2,1-3H3,(H,16,17)/t6-,9?/m1/s1. The van der Waals surface area contributed by atoms with Crippen LogP contribution in [0.15, 0.2) is 0 Å². The summed E-state index contributed by atoms with van der Waals surface area (Å²) in [6, 6.07) is 0. The molecule has 2 rings (SSSR count). The fourth-order valence-electron chi connectivity index (χ4n) is 2.13. The van der Waals surface area contributed by atoms with Crippen molar-refractivity contribution in [2.45, 2.75) is 33.0 Å². The van der Waals surface area contributed by atoms with E-state index < -0.39 is 12.1 Å². The van der Waals surface area contributed by atoms with Crippen LogP contribution in [0, 0.1) is 13.8 Å². The molecule has 1 aliphatic rings. The largest absolute Gasteiger partial charge is 0.479 e. The van der Waals surface area contributed by atoms with Crippen molar-refractivity contribution in [2.75, 3.05) is 13.1 Å². The van der Waals surface area contributed by atoms with Crippen LogP contribution >= 0.6 is 11.3 Å². The van der Waals surface area contributed by atoms with Gasteiger partial charge in [-0.15, -0.1) is 11.3 Å². The average molecular weight is 284 g/mol. The Morgan fingerprint density at radius 3 is 2.63 bits per heavy atom. The number of aliphatic carboxylic acids is 1. The lowest BCUT2D eigenvalue weighted by Gasteiger charge is -2.34. The topological polar surface area (TPSA) is 79.7 Å². The van der Waals surface area contributed by atoms with E-state index in [1.807, 2.05) is 13.8 Å². The SMILES string of the molecule is Cc1nc(C(=O)N2CC(C(=O)O)O[C@H](C)C2)c(C)s1. The van der Waals surface area contributed by atoms with E-state index in [1.54, 1.807) is 6.92 Å². The number of aromatic nitrogens is 1. The molecule has 1 aliphatic heterocycles. The van der Waals surface area contributed by atoms with Crippen LogP contribution in [0.1, 0.15) is 27.3 Å². The van der Waals surface area contributed by atoms with Gasteiger partial charge in [-0.3, -0.25) is 4.79 Å². The Labute approximate surface area is 115 Å². The smallest absolute Gasteiger partial charge is 0.334 e. The molecule has 0 aromatic carbocycles. The van der Waals surface area contributed by atoms with Crippen molar-refractivity contribution < 1.29 is 19.4 Å². The first-order valence-corrected chi connectivity index (χ1v) is 6.81. The normalized spacial score (nSPS) is 23.4. The minimum absolute atomic E-state index is 0.0640. The highest BCUT2D eigenvalue weighted by Gasteiger charge is 2.34. The number of hydrogen-bond donors (Lipinski definition) is 1. The Morgan fingerprint density at radius 2 is 2.11 bits per heavy atom. The summed E-state index contributed by atoms with van der Waals surface area (Å²) in [6.07, 6.45) is -1.26. The lowest BCUT2D eigenvalue weighted by molar-refractivity contribution is -0.160. The quantitative estimate of drug-likeness (QED) is 0.879. The van der Waals surface area contributed by atoms with Crippen LogP contribution in [-0.4, -0.2) is 52.2 Å². The molecule has 1 aromatic rings. The van der Waals surface area contributed by atoms with Crippen molar-refractivity contribution in [2.24, 2.45) is 0 Å². The number of carboxylic acid groups (broad SMARTS) is 1. The van der Waals surface area contributed by atoms with Crippen molar-refractivity contribution >= 4 is 23.2 Å². The highest BCUT2D eigenvalue weighted by atomic mass is 32.1. The van der Waals surface area contributed by atoms with E-state index in [9.17, 15) is 9.59 Å². The van der Waals surface area contributed by atoms with Gasteiger partial charge in [-0.2, -0.15) is 0 Å². The first-order valence-electron chi connectivity index (χ1n) is 6.00. The Kier molecular flexibility index (Phi) is 3.86. The number of aryl methyl sites for hydroxylation is 2. The highest BCUT2D eigenvalue weighted by Crippen LogP contribution is 2.20. The molecular weight excluding hydrogens is 268 g/mol. The summed E-state index contributed by atoms with van der Waals surface area (Å²) < 4.78 is 5.29. The van der Waals surface area contributed by atoms with E-state index >= 15 is 0 Å². The molecule has 0 saturated carbocycles. The van der Waals surface area contributed by atoms with Crippen LogP contribution in [0.5, 0.6) is 0 Å². The molecule has 0 spiro atoms. The van der Waals surface area contributed by atoms with Gasteiger partial charge in [0, 0.05) is 11.4 Å². The molecule has 1 fully saturated rings. The number of thiazole rings is 1. The zero-order valence-corrected chi connectivity index (χ0v) is 11.9. The van der Waals surface area contributed by atoms with Crippen LogP contribution < -0.4 is 0 Å². The molecular formula is C12H16N2O4S. The van der Waals surface area contributed by atoms with Gasteiger partial charge in [0.05, 0.1) is 17.7 Å². The second kappa shape index (κ2) is 5.26. The Bertz CT molecular complexity index is 514. The molecule has 0 bridgehead atoms. The summed E-state index contributed by atoms with van der Waals surface area (Å²) in [7, 11) is 0. The zero-order valence-electron chi connectivity index (χ0n) is 11.0. The number of carbonyl (C=O) groups is 2. The van der Waals surface area contributed by atoms with Gasteiger partial charge < -0.3 is 14.7 Å². The molecule has 19 heavy (non-hydrogen) atoms. The molecule has 1 unspecified atom stereocenters. The fourth-order valence-corrected chi connectivity index (χ4v) is 2.94. The third kappa shape index (κ3) is 2.93. The second-order valence-corrected chi connectivity index (χ2v) is 6.03. The average Bonchev–Trinajstić information content (AvgIpc) is 2.66. The third-order valence-corrected chi connectivity index (χ3v) is 3.82. The van der Waals surface area contributed by atoms with Crippen LogP contribution in [0.3, 0.4) is 0 Å². The number of morpholine rings is 1. The Morgan fingerprint density at radius 1 is 1.42 bits per heavy atom. The van der Waals surface area contributed by atoms with E-state index in [-0.39, 0.29) is 18.6 Å². The maximum atomic E-state index is 12.4. The Hall–Kier alpha value is -1.47. The van der Waals surface area contributed by atoms with Crippen molar-refractivity contribution in [1.82, 2.24) is 9.88 Å². The van der Waals surface area contributed by atoms with Gasteiger partial charge in [-0.05, 0) is 20.8 Å². The van der Waals surface area contributed by atoms with Gasteiger partial charge in [-0.1, -0.05) is 0 Å². The molecule has 1 saturated heterocycles. The van der Waals surface area contributed by atoms with Crippen molar-refractivity contribution in [3.63, 3.8) is 0 Å². The van der Waals surface area contributed by atoms with Crippen molar-refractivity contribution in [3.05, 3.63) is 15.6 Å². The molecule has 1 aromatic heterocycles. The first-order chi connectivity index (χ1) is 8.88. The van der Waals surface area contributed by atoms with E-state index in [4.69, 9.17) is 9.84 Å². The van der Waals surface area contributed by atoms with Crippen molar-refractivity contribution in [1.29, 1.82) is 0 Å². The third-order valence-electron chi connectivity index (χ3n) is 2.93. The number of ether oxygens (including phenoxy) is 1. The van der Waals surface area contributed by atoms with E-state index in [0.29, 0.717) is 12.2 Å². The van der Waals surface area contributed by atoms with E-state index in [0.717, 1.165) is 9.88 Å². The van der Waals surface area contributed by atoms with Crippen LogP contribution in [0.25, 0.3) is 0 Å². The predicted octanol–water partition coefficient (Wildman–Crippen LogP) is 1.07. The Balaban J connectivity index is 2.18. The number of carboxylic acids is 1. The molecule has 1 amide bonds. The highest BCUT2D eigenvalue weighted by molar-refractivity contribution is 7.11. The fraction of sp³-hybridized carbons (Fsp3) is 0.583. The molecule has 0 aliphatic carbocycles. The van der Waals surface area contributed by atoms with E-state index in [1.165, 1.54) is 16.2 Å². The molecule has 104 valence electrons. The summed E-state index contributed by atoms with van der Waals surface area (Å²) in [5.41, 5.74) is 0.417. The monoisotopic (exact) mass is 284 g/mol. The van der Waals surface area contributed by atoms with Crippen LogP contribution in [0.4, 0.5) is 0 Å². The predicted molar refractivity (Wildman–Crippen MR) is 69.5 cm³/mol. The lowest BCUT2D eigenvalue weighted by Crippen LogP contribution is -2.51. The first kappa shape index (κ1) is 14.0. The maximum absolute atomic E-state index is 12.4. The minimum atomic E-state index is -1.05. The van der Waals surface area contributed by atoms with E-state index in [2.05, 4.69) is 4.98 Å². The van der Waals surface area contributed by atoms with Gasteiger partial charge in [0.2, 0.25) is 0 Å². The van der Waals surface area contributed by atoms with Gasteiger partial charge in [0.1, 0.15) is 5.69 Å². The number of carbonyl (C=O) groups excluding carboxylic acids is 1. The van der Waals surface area contributed by atoms with Gasteiger partial charge in [0.25, 0.3) is 5.91 Å². The van der Waals surface area contributed by atoms with Gasteiger partial charge >= 0.3 is 5.97 Å². The maximum Gasteiger partial charge on any atom is 0.334 e. The van der Waals surface area contributed by atoms with Crippen molar-refractivity contribution in [3.8, 4) is 0 Å². The van der Waals surface area contributed by atoms with Crippen LogP contribution in [-0.2, 0) is 9.53 Å². The summed E-state index contributed by atoms with van der Waals surface area (Å²) in [6.45, 7) is 5.90. The summed E-state index contributed by atoms with van der Waals surface area (Å²) in [4.78, 5) is 30.0. The van der Waals surface area contributed by atoms with Gasteiger partial charge in [0.15, 0.2) is 6.10 Å². The molecule has 7 heteroatoms. The molecule has 6 nitrogen and oxygen atoms in total. The number of amides is 1. The number of rotatable bonds is 2. The summed E-state index contributed by atoms with van der Waals surface area (Å²) in [5.74, 6) is -1.27.